The van der Waals surface area contributed by atoms with Crippen LogP contribution in [0.4, 0.5) is 0 Å². The molecule has 1 aromatic rings. The fraction of sp³-hybridized carbons (Fsp3) is 0.571. The molecule has 3 rings (SSSR count). The molecule has 1 amide bonds. The Hall–Kier alpha value is -1.97. The van der Waals surface area contributed by atoms with E-state index in [-0.39, 0.29) is 11.3 Å². The first-order valence-electron chi connectivity index (χ1n) is 8.96. The first kappa shape index (κ1) is 17.8. The number of benzene rings is 1. The van der Waals surface area contributed by atoms with Gasteiger partial charge < -0.3 is 14.4 Å². The van der Waals surface area contributed by atoms with Gasteiger partial charge in [-0.1, -0.05) is 20.8 Å². The average Bonchev–Trinajstić information content (AvgIpc) is 2.81. The van der Waals surface area contributed by atoms with Gasteiger partial charge in [-0.2, -0.15) is 0 Å². The molecule has 1 aliphatic heterocycles. The van der Waals surface area contributed by atoms with Crippen LogP contribution in [0, 0.1) is 10.8 Å². The van der Waals surface area contributed by atoms with E-state index in [4.69, 9.17) is 9.47 Å². The highest BCUT2D eigenvalue weighted by molar-refractivity contribution is 5.92. The van der Waals surface area contributed by atoms with E-state index in [1.165, 1.54) is 6.42 Å². The highest BCUT2D eigenvalue weighted by atomic mass is 16.5. The second-order valence-corrected chi connectivity index (χ2v) is 8.62. The molecular weight excluding hydrogens is 314 g/mol. The number of rotatable bonds is 4. The predicted octanol–water partition coefficient (Wildman–Crippen LogP) is 4.14. The van der Waals surface area contributed by atoms with E-state index < -0.39 is 0 Å². The maximum Gasteiger partial charge on any atom is 0.246 e. The van der Waals surface area contributed by atoms with Gasteiger partial charge in [0.1, 0.15) is 11.5 Å². The second kappa shape index (κ2) is 6.40. The number of ether oxygens (including phenoxy) is 2. The maximum absolute atomic E-state index is 12.8. The zero-order valence-electron chi connectivity index (χ0n) is 16.0. The summed E-state index contributed by atoms with van der Waals surface area (Å²) in [6, 6.07) is 5.98. The van der Waals surface area contributed by atoms with Gasteiger partial charge in [-0.15, -0.1) is 0 Å². The normalized spacial score (nSPS) is 27.6. The van der Waals surface area contributed by atoms with Crippen molar-refractivity contribution in [1.82, 2.24) is 4.90 Å². The molecule has 25 heavy (non-hydrogen) atoms. The number of hydrogen-bond donors (Lipinski definition) is 0. The summed E-state index contributed by atoms with van der Waals surface area (Å²) in [5.41, 5.74) is 1.45. The van der Waals surface area contributed by atoms with Gasteiger partial charge in [-0.05, 0) is 48.3 Å². The topological polar surface area (TPSA) is 38.8 Å². The van der Waals surface area contributed by atoms with Crippen LogP contribution < -0.4 is 9.47 Å². The first-order valence-corrected chi connectivity index (χ1v) is 8.96. The van der Waals surface area contributed by atoms with Crippen LogP contribution in [0.15, 0.2) is 24.3 Å². The molecule has 0 aromatic heterocycles. The Kier molecular flexibility index (Phi) is 4.56. The lowest BCUT2D eigenvalue weighted by Gasteiger charge is -2.39. The number of carbonyl (C=O) groups is 1. The minimum Gasteiger partial charge on any atom is -0.497 e. The molecule has 1 aromatic carbocycles. The van der Waals surface area contributed by atoms with Crippen molar-refractivity contribution < 1.29 is 14.3 Å². The quantitative estimate of drug-likeness (QED) is 0.771. The van der Waals surface area contributed by atoms with E-state index >= 15 is 0 Å². The van der Waals surface area contributed by atoms with Gasteiger partial charge in [0.15, 0.2) is 0 Å². The van der Waals surface area contributed by atoms with Gasteiger partial charge in [0.25, 0.3) is 0 Å². The van der Waals surface area contributed by atoms with Crippen LogP contribution in [-0.4, -0.2) is 37.6 Å². The lowest BCUT2D eigenvalue weighted by atomic mass is 9.65. The van der Waals surface area contributed by atoms with Gasteiger partial charge in [0.05, 0.1) is 14.2 Å². The number of amides is 1. The summed E-state index contributed by atoms with van der Waals surface area (Å²) in [5, 5.41) is 0. The number of hydrogen-bond acceptors (Lipinski definition) is 3. The highest BCUT2D eigenvalue weighted by Gasteiger charge is 2.50. The van der Waals surface area contributed by atoms with Crippen molar-refractivity contribution in [2.75, 3.05) is 20.8 Å². The van der Waals surface area contributed by atoms with Crippen LogP contribution in [-0.2, 0) is 4.79 Å². The van der Waals surface area contributed by atoms with Crippen LogP contribution >= 0.6 is 0 Å². The monoisotopic (exact) mass is 343 g/mol. The van der Waals surface area contributed by atoms with Crippen molar-refractivity contribution in [3.8, 4) is 11.5 Å². The molecular formula is C21H29NO3. The number of nitrogens with zero attached hydrogens (tertiary/aromatic N) is 1. The Bertz CT molecular complexity index is 694. The van der Waals surface area contributed by atoms with Gasteiger partial charge in [0, 0.05) is 30.3 Å². The van der Waals surface area contributed by atoms with E-state index in [0.29, 0.717) is 17.2 Å². The summed E-state index contributed by atoms with van der Waals surface area (Å²) in [6.07, 6.45) is 6.93. The van der Waals surface area contributed by atoms with Gasteiger partial charge in [0.2, 0.25) is 5.91 Å². The molecule has 136 valence electrons. The molecule has 4 heteroatoms. The number of carbonyl (C=O) groups excluding carboxylic acids is 1. The van der Waals surface area contributed by atoms with Crippen molar-refractivity contribution in [1.29, 1.82) is 0 Å². The van der Waals surface area contributed by atoms with Gasteiger partial charge in [-0.25, -0.2) is 0 Å². The Morgan fingerprint density at radius 3 is 2.64 bits per heavy atom. The molecule has 2 aliphatic rings. The minimum atomic E-state index is 0.101. The third kappa shape index (κ3) is 3.68. The fourth-order valence-corrected chi connectivity index (χ4v) is 4.93. The van der Waals surface area contributed by atoms with E-state index in [2.05, 4.69) is 25.7 Å². The summed E-state index contributed by atoms with van der Waals surface area (Å²) >= 11 is 0. The predicted molar refractivity (Wildman–Crippen MR) is 99.8 cm³/mol. The lowest BCUT2D eigenvalue weighted by Crippen LogP contribution is -2.36. The Morgan fingerprint density at radius 2 is 1.96 bits per heavy atom. The van der Waals surface area contributed by atoms with E-state index in [0.717, 1.165) is 30.7 Å². The molecule has 1 aliphatic carbocycles. The van der Waals surface area contributed by atoms with Crippen molar-refractivity contribution in [3.05, 3.63) is 29.8 Å². The molecule has 1 saturated carbocycles. The Labute approximate surface area is 150 Å². The van der Waals surface area contributed by atoms with Gasteiger partial charge in [-0.3, -0.25) is 4.79 Å². The number of fused-ring (bicyclic) bond motifs is 2. The van der Waals surface area contributed by atoms with E-state index in [1.807, 2.05) is 24.3 Å². The minimum absolute atomic E-state index is 0.101. The summed E-state index contributed by atoms with van der Waals surface area (Å²) in [6.45, 7) is 7.83. The molecule has 0 N–H and O–H groups in total. The van der Waals surface area contributed by atoms with Crippen LogP contribution in [0.5, 0.6) is 11.5 Å². The summed E-state index contributed by atoms with van der Waals surface area (Å²) in [5.74, 6) is 1.55. The number of methoxy groups -OCH3 is 2. The fourth-order valence-electron chi connectivity index (χ4n) is 4.93. The zero-order valence-corrected chi connectivity index (χ0v) is 16.0. The SMILES string of the molecule is COc1ccc(C=CC(=O)N2CC3(C)CC2CC(C)(C)C3)c(OC)c1. The molecule has 0 radical (unpaired) electrons. The zero-order chi connectivity index (χ0) is 18.2. The molecule has 1 saturated heterocycles. The third-order valence-corrected chi connectivity index (χ3v) is 5.54. The maximum atomic E-state index is 12.8. The second-order valence-electron chi connectivity index (χ2n) is 8.62. The largest absolute Gasteiger partial charge is 0.497 e. The molecule has 2 bridgehead atoms. The molecule has 4 nitrogen and oxygen atoms in total. The summed E-state index contributed by atoms with van der Waals surface area (Å²) in [7, 11) is 3.25. The molecule has 2 unspecified atom stereocenters. The third-order valence-electron chi connectivity index (χ3n) is 5.54. The summed E-state index contributed by atoms with van der Waals surface area (Å²) < 4.78 is 10.6. The highest BCUT2D eigenvalue weighted by Crippen LogP contribution is 2.52. The smallest absolute Gasteiger partial charge is 0.246 e. The number of likely N-dealkylation sites (tertiary alicyclic amines) is 1. The molecule has 0 spiro atoms. The standard InChI is InChI=1S/C21H29NO3/c1-20(2)11-16-12-21(3,13-20)14-22(16)19(23)9-7-15-6-8-17(24-4)10-18(15)25-5/h6-10,16H,11-14H2,1-5H3. The summed E-state index contributed by atoms with van der Waals surface area (Å²) in [4.78, 5) is 14.9. The van der Waals surface area contributed by atoms with E-state index in [9.17, 15) is 4.79 Å². The van der Waals surface area contributed by atoms with Crippen molar-refractivity contribution in [2.24, 2.45) is 10.8 Å². The van der Waals surface area contributed by atoms with Crippen LogP contribution in [0.25, 0.3) is 6.08 Å². The average molecular weight is 343 g/mol. The lowest BCUT2D eigenvalue weighted by molar-refractivity contribution is -0.127. The van der Waals surface area contributed by atoms with Crippen molar-refractivity contribution in [3.63, 3.8) is 0 Å². The van der Waals surface area contributed by atoms with Crippen molar-refractivity contribution in [2.45, 2.75) is 46.1 Å². The van der Waals surface area contributed by atoms with Crippen LogP contribution in [0.3, 0.4) is 0 Å². The van der Waals surface area contributed by atoms with Crippen LogP contribution in [0.2, 0.25) is 0 Å². The first-order chi connectivity index (χ1) is 11.8. The van der Waals surface area contributed by atoms with Crippen molar-refractivity contribution >= 4 is 12.0 Å². The van der Waals surface area contributed by atoms with E-state index in [1.54, 1.807) is 20.3 Å². The Balaban J connectivity index is 1.76. The van der Waals surface area contributed by atoms with Crippen LogP contribution in [0.1, 0.15) is 45.6 Å². The van der Waals surface area contributed by atoms with Gasteiger partial charge >= 0.3 is 0 Å². The molecule has 2 atom stereocenters. The molecule has 1 heterocycles. The molecule has 2 fully saturated rings. The Morgan fingerprint density at radius 1 is 1.20 bits per heavy atom.